The Hall–Kier alpha value is -3.28. The Labute approximate surface area is 278 Å². The van der Waals surface area contributed by atoms with E-state index in [-0.39, 0.29) is 40.1 Å². The van der Waals surface area contributed by atoms with Gasteiger partial charge in [-0.05, 0) is 62.6 Å². The summed E-state index contributed by atoms with van der Waals surface area (Å²) in [6, 6.07) is 10.6. The smallest absolute Gasteiger partial charge is 0.281 e. The second kappa shape index (κ2) is 12.4. The molecule has 3 aromatic rings. The molecule has 0 unspecified atom stereocenters. The number of pyridine rings is 2. The van der Waals surface area contributed by atoms with E-state index < -0.39 is 54.5 Å². The third-order valence-corrected chi connectivity index (χ3v) is 9.11. The van der Waals surface area contributed by atoms with Gasteiger partial charge in [-0.2, -0.15) is 8.42 Å². The molecule has 222 valence electrons. The molecular weight excluding hydrogens is 597 g/mol. The molecule has 2 aromatic heterocycles. The van der Waals surface area contributed by atoms with E-state index in [1.54, 1.807) is 0 Å². The number of sulfonamides is 1. The Morgan fingerprint density at radius 2 is 1.72 bits per heavy atom. The van der Waals surface area contributed by atoms with E-state index >= 15 is 0 Å². The van der Waals surface area contributed by atoms with Crippen LogP contribution >= 0.6 is 0 Å². The summed E-state index contributed by atoms with van der Waals surface area (Å²) in [4.78, 5) is 24.0. The van der Waals surface area contributed by atoms with E-state index in [4.69, 9.17) is 70.4 Å². The van der Waals surface area contributed by atoms with Crippen LogP contribution in [0.1, 0.15) is 37.6 Å². The van der Waals surface area contributed by atoms with E-state index in [1.165, 1.54) is 42.5 Å². The molecule has 0 bridgehead atoms. The predicted octanol–water partition coefficient (Wildman–Crippen LogP) is 1.47. The van der Waals surface area contributed by atoms with Gasteiger partial charge in [0.15, 0.2) is 5.03 Å². The predicted molar refractivity (Wildman–Crippen MR) is 182 cm³/mol. The second-order valence-electron chi connectivity index (χ2n) is 12.4. The van der Waals surface area contributed by atoms with Gasteiger partial charge in [0, 0.05) is 23.7 Å². The molecule has 14 radical (unpaired) electrons. The number of carbonyl (C=O) groups excluding carboxylic acids is 1. The summed E-state index contributed by atoms with van der Waals surface area (Å²) < 4.78 is 48.7. The average molecular weight is 624 g/mol. The molecule has 0 aliphatic carbocycles. The minimum absolute atomic E-state index is 0.0328. The summed E-state index contributed by atoms with van der Waals surface area (Å²) in [5.41, 5.74) is 5.62. The number of hydrogen-bond donors (Lipinski definition) is 2. The molecule has 4 rings (SSSR count). The number of anilines is 2. The molecule has 0 saturated carbocycles. The van der Waals surface area contributed by atoms with E-state index in [1.807, 2.05) is 30.4 Å². The van der Waals surface area contributed by atoms with Crippen molar-refractivity contribution in [1.82, 2.24) is 14.7 Å². The highest BCUT2D eigenvalue weighted by Gasteiger charge is 2.44. The SMILES string of the molecule is [B]C([B])([B])C([B])(COc1cc(F)cc(-c2ccc(C(=O)NS(=O)(=O)c3cccc(N)n3)c(N3C[C@@H](C)CC3(C)C)n2)c1)C([B])([B])[B]. The van der Waals surface area contributed by atoms with Gasteiger partial charge in [-0.1, -0.05) is 18.3 Å². The van der Waals surface area contributed by atoms with Crippen molar-refractivity contribution in [3.8, 4) is 17.0 Å². The largest absolute Gasteiger partial charge is 0.494 e. The number of hydrogen-bond acceptors (Lipinski definition) is 8. The molecule has 9 nitrogen and oxygen atoms in total. The molecule has 46 heavy (non-hydrogen) atoms. The summed E-state index contributed by atoms with van der Waals surface area (Å²) in [6.07, 6.45) is 0.764. The van der Waals surface area contributed by atoms with Crippen LogP contribution in [0.3, 0.4) is 0 Å². The Balaban J connectivity index is 1.75. The number of carbonyl (C=O) groups is 1. The fourth-order valence-corrected chi connectivity index (χ4v) is 6.32. The molecule has 1 atom stereocenters. The lowest BCUT2D eigenvalue weighted by atomic mass is 9.15. The molecule has 1 saturated heterocycles. The van der Waals surface area contributed by atoms with Gasteiger partial charge in [-0.15, -0.1) is 10.2 Å². The maximum Gasteiger partial charge on any atom is 0.281 e. The van der Waals surface area contributed by atoms with Crippen LogP contribution in [0.4, 0.5) is 16.0 Å². The van der Waals surface area contributed by atoms with Crippen LogP contribution in [0.2, 0.25) is 15.5 Å². The van der Waals surface area contributed by atoms with Gasteiger partial charge in [-0.25, -0.2) is 19.1 Å². The molecule has 3 heterocycles. The third-order valence-electron chi connectivity index (χ3n) is 7.87. The number of nitrogens with one attached hydrogen (secondary N) is 1. The topological polar surface area (TPSA) is 128 Å². The first kappa shape index (κ1) is 35.6. The summed E-state index contributed by atoms with van der Waals surface area (Å²) in [6.45, 7) is 5.92. The summed E-state index contributed by atoms with van der Waals surface area (Å²) in [5.74, 6) is -1.33. The molecule has 1 aromatic carbocycles. The number of nitrogen functional groups attached to an aromatic ring is 1. The van der Waals surface area contributed by atoms with Gasteiger partial charge in [0.05, 0.1) is 72.8 Å². The number of nitrogens with zero attached hydrogens (tertiary/aromatic N) is 3. The number of ether oxygens (including phenoxy) is 1. The molecule has 3 N–H and O–H groups in total. The minimum Gasteiger partial charge on any atom is -0.494 e. The first-order valence-corrected chi connectivity index (χ1v) is 15.6. The van der Waals surface area contributed by atoms with Crippen LogP contribution < -0.4 is 20.1 Å². The zero-order chi connectivity index (χ0) is 34.5. The number of rotatable bonds is 10. The van der Waals surface area contributed by atoms with Crippen LogP contribution in [0, 0.1) is 11.7 Å². The lowest BCUT2D eigenvalue weighted by Crippen LogP contribution is -2.47. The first-order valence-electron chi connectivity index (χ1n) is 14.1. The van der Waals surface area contributed by atoms with Crippen molar-refractivity contribution >= 4 is 82.5 Å². The highest BCUT2D eigenvalue weighted by atomic mass is 32.2. The van der Waals surface area contributed by atoms with Crippen molar-refractivity contribution in [2.24, 2.45) is 5.92 Å². The number of aromatic nitrogens is 2. The Morgan fingerprint density at radius 1 is 1.07 bits per heavy atom. The van der Waals surface area contributed by atoms with Crippen molar-refractivity contribution < 1.29 is 22.3 Å². The molecule has 1 amide bonds. The van der Waals surface area contributed by atoms with Gasteiger partial charge in [0.1, 0.15) is 23.2 Å². The van der Waals surface area contributed by atoms with E-state index in [0.717, 1.165) is 12.5 Å². The summed E-state index contributed by atoms with van der Waals surface area (Å²) in [7, 11) is 36.5. The Kier molecular flexibility index (Phi) is 9.58. The van der Waals surface area contributed by atoms with Crippen LogP contribution in [0.25, 0.3) is 11.3 Å². The molecule has 1 fully saturated rings. The molecule has 1 aliphatic rings. The van der Waals surface area contributed by atoms with Gasteiger partial charge < -0.3 is 15.4 Å². The zero-order valence-corrected chi connectivity index (χ0v) is 26.5. The third kappa shape index (κ3) is 7.32. The molecule has 1 aliphatic heterocycles. The lowest BCUT2D eigenvalue weighted by molar-refractivity contribution is 0.0981. The van der Waals surface area contributed by atoms with Crippen molar-refractivity contribution in [2.75, 3.05) is 23.8 Å². The average Bonchev–Trinajstić information content (AvgIpc) is 3.20. The molecule has 0 spiro atoms. The molecular formula is C28H27B7FN5O4S. The Bertz CT molecular complexity index is 1740. The maximum atomic E-state index is 14.9. The number of nitrogens with two attached hydrogens (primary N) is 1. The van der Waals surface area contributed by atoms with Crippen LogP contribution in [-0.2, 0) is 10.0 Å². The number of benzene rings is 1. The highest BCUT2D eigenvalue weighted by Crippen LogP contribution is 2.55. The summed E-state index contributed by atoms with van der Waals surface area (Å²) >= 11 is 0. The number of amides is 1. The van der Waals surface area contributed by atoms with E-state index in [0.29, 0.717) is 6.54 Å². The van der Waals surface area contributed by atoms with Crippen LogP contribution in [-0.4, -0.2) is 97.9 Å². The van der Waals surface area contributed by atoms with Gasteiger partial charge in [0.25, 0.3) is 15.9 Å². The molecule has 18 heteroatoms. The second-order valence-corrected chi connectivity index (χ2v) is 14.1. The maximum absolute atomic E-state index is 14.9. The first-order chi connectivity index (χ1) is 21.0. The monoisotopic (exact) mass is 625 g/mol. The zero-order valence-electron chi connectivity index (χ0n) is 25.7. The van der Waals surface area contributed by atoms with Gasteiger partial charge in [-0.3, -0.25) is 4.79 Å². The minimum atomic E-state index is -4.39. The van der Waals surface area contributed by atoms with Gasteiger partial charge in [0.2, 0.25) is 0 Å². The fourth-order valence-electron chi connectivity index (χ4n) is 5.38. The summed E-state index contributed by atoms with van der Waals surface area (Å²) in [5, 5.41) is -6.88. The van der Waals surface area contributed by atoms with Crippen molar-refractivity contribution in [3.05, 3.63) is 59.9 Å². The van der Waals surface area contributed by atoms with Gasteiger partial charge >= 0.3 is 0 Å². The quantitative estimate of drug-likeness (QED) is 0.325. The van der Waals surface area contributed by atoms with E-state index in [2.05, 4.69) is 4.98 Å². The van der Waals surface area contributed by atoms with Crippen molar-refractivity contribution in [3.63, 3.8) is 0 Å². The van der Waals surface area contributed by atoms with E-state index in [9.17, 15) is 17.6 Å². The highest BCUT2D eigenvalue weighted by molar-refractivity contribution is 7.90. The fraction of sp³-hybridized carbons (Fsp3) is 0.393. The normalized spacial score (nSPS) is 17.0. The Morgan fingerprint density at radius 3 is 2.28 bits per heavy atom. The number of halogens is 1. The van der Waals surface area contributed by atoms with Crippen molar-refractivity contribution in [2.45, 2.75) is 53.3 Å². The standard InChI is InChI=1S/C28H27B7FN5O4S/c1-15-12-25(2,3)41(13-15)23-19(24(42)40-46(43,44)22-6-4-5-21(37)39-22)7-8-20(38-23)16-9-17(36)11-18(10-16)45-14-26(29,27(30,31)32)28(33,34)35/h4-11,15H,12-14H2,1-3H3,(H2,37,39)(H,40,42)/t15-/m0/s1. The van der Waals surface area contributed by atoms with Crippen LogP contribution in [0.5, 0.6) is 5.75 Å². The van der Waals surface area contributed by atoms with Crippen LogP contribution in [0.15, 0.2) is 53.6 Å². The lowest BCUT2D eigenvalue weighted by Gasteiger charge is -2.54. The van der Waals surface area contributed by atoms with Crippen molar-refractivity contribution in [1.29, 1.82) is 0 Å².